The van der Waals surface area contributed by atoms with Crippen LogP contribution in [0.15, 0.2) is 15.1 Å². The first-order chi connectivity index (χ1) is 6.11. The Morgan fingerprint density at radius 2 is 2.00 bits per heavy atom. The first-order valence-electron chi connectivity index (χ1n) is 4.15. The fourth-order valence-electron chi connectivity index (χ4n) is 0.719. The number of nitrogens with zero attached hydrogens (tertiary/aromatic N) is 4. The van der Waals surface area contributed by atoms with Gasteiger partial charge in [-0.05, 0) is 20.8 Å². The van der Waals surface area contributed by atoms with Crippen LogP contribution in [0.2, 0.25) is 0 Å². The number of guanidine groups is 1. The quantitative estimate of drug-likeness (QED) is 0.397. The molecule has 0 saturated heterocycles. The second-order valence-electron chi connectivity index (χ2n) is 2.45. The van der Waals surface area contributed by atoms with Crippen molar-refractivity contribution in [2.45, 2.75) is 26.9 Å². The normalized spacial score (nSPS) is 15.5. The van der Waals surface area contributed by atoms with Crippen molar-refractivity contribution in [3.8, 4) is 0 Å². The van der Waals surface area contributed by atoms with Gasteiger partial charge in [-0.15, -0.1) is 0 Å². The SMILES string of the molecule is CC=NC(N)=NC(C)N(C)/N=C\C. The van der Waals surface area contributed by atoms with Crippen molar-refractivity contribution in [2.24, 2.45) is 20.8 Å². The summed E-state index contributed by atoms with van der Waals surface area (Å²) in [5.74, 6) is 0.271. The summed E-state index contributed by atoms with van der Waals surface area (Å²) in [6.45, 7) is 5.53. The van der Waals surface area contributed by atoms with Gasteiger partial charge in [0.2, 0.25) is 5.96 Å². The molecule has 0 rings (SSSR count). The Hall–Kier alpha value is -1.39. The van der Waals surface area contributed by atoms with Crippen molar-refractivity contribution in [1.82, 2.24) is 5.01 Å². The second kappa shape index (κ2) is 6.16. The summed E-state index contributed by atoms with van der Waals surface area (Å²) >= 11 is 0. The Morgan fingerprint density at radius 1 is 1.38 bits per heavy atom. The molecule has 0 aliphatic rings. The lowest BCUT2D eigenvalue weighted by molar-refractivity contribution is 0.280. The van der Waals surface area contributed by atoms with E-state index in [1.807, 2.05) is 20.9 Å². The van der Waals surface area contributed by atoms with E-state index in [2.05, 4.69) is 15.1 Å². The van der Waals surface area contributed by atoms with E-state index in [9.17, 15) is 0 Å². The molecule has 0 aromatic carbocycles. The largest absolute Gasteiger partial charge is 0.368 e. The van der Waals surface area contributed by atoms with Crippen LogP contribution in [0.5, 0.6) is 0 Å². The van der Waals surface area contributed by atoms with Crippen molar-refractivity contribution < 1.29 is 0 Å². The Morgan fingerprint density at radius 3 is 2.46 bits per heavy atom. The fourth-order valence-corrected chi connectivity index (χ4v) is 0.719. The molecule has 1 unspecified atom stereocenters. The minimum Gasteiger partial charge on any atom is -0.368 e. The van der Waals surface area contributed by atoms with E-state index in [-0.39, 0.29) is 12.1 Å². The van der Waals surface area contributed by atoms with Gasteiger partial charge in [0.05, 0.1) is 0 Å². The zero-order valence-corrected chi connectivity index (χ0v) is 8.60. The molecule has 5 nitrogen and oxygen atoms in total. The summed E-state index contributed by atoms with van der Waals surface area (Å²) in [5, 5.41) is 5.74. The van der Waals surface area contributed by atoms with E-state index >= 15 is 0 Å². The van der Waals surface area contributed by atoms with Crippen LogP contribution in [0.1, 0.15) is 20.8 Å². The van der Waals surface area contributed by atoms with Crippen molar-refractivity contribution in [3.63, 3.8) is 0 Å². The van der Waals surface area contributed by atoms with E-state index in [1.54, 1.807) is 24.4 Å². The average Bonchev–Trinajstić information content (AvgIpc) is 2.05. The van der Waals surface area contributed by atoms with Gasteiger partial charge in [0.15, 0.2) is 0 Å². The molecule has 0 aliphatic heterocycles. The average molecular weight is 183 g/mol. The van der Waals surface area contributed by atoms with Crippen LogP contribution in [0.25, 0.3) is 0 Å². The smallest absolute Gasteiger partial charge is 0.217 e. The van der Waals surface area contributed by atoms with Crippen molar-refractivity contribution in [1.29, 1.82) is 0 Å². The van der Waals surface area contributed by atoms with Gasteiger partial charge in [0.25, 0.3) is 0 Å². The molecule has 0 aromatic heterocycles. The van der Waals surface area contributed by atoms with Gasteiger partial charge in [-0.2, -0.15) is 5.10 Å². The fraction of sp³-hybridized carbons (Fsp3) is 0.625. The Balaban J connectivity index is 4.26. The summed E-state index contributed by atoms with van der Waals surface area (Å²) in [5.41, 5.74) is 5.49. The highest BCUT2D eigenvalue weighted by Crippen LogP contribution is 1.96. The molecule has 5 heteroatoms. The molecule has 0 bridgehead atoms. The third-order valence-corrected chi connectivity index (χ3v) is 1.42. The lowest BCUT2D eigenvalue weighted by Crippen LogP contribution is -2.25. The molecule has 0 aliphatic carbocycles. The van der Waals surface area contributed by atoms with Crippen LogP contribution in [-0.2, 0) is 0 Å². The molecule has 2 N–H and O–H groups in total. The number of nitrogens with two attached hydrogens (primary N) is 1. The number of hydrogen-bond acceptors (Lipinski definition) is 3. The van der Waals surface area contributed by atoms with Gasteiger partial charge in [-0.1, -0.05) is 0 Å². The summed E-state index contributed by atoms with van der Waals surface area (Å²) in [4.78, 5) is 7.93. The van der Waals surface area contributed by atoms with Crippen LogP contribution in [0.4, 0.5) is 0 Å². The number of hydrazone groups is 1. The summed E-state index contributed by atoms with van der Waals surface area (Å²) < 4.78 is 0. The third-order valence-electron chi connectivity index (χ3n) is 1.42. The predicted molar refractivity (Wildman–Crippen MR) is 57.2 cm³/mol. The second-order valence-corrected chi connectivity index (χ2v) is 2.45. The standard InChI is InChI=1S/C8H17N5/c1-5-10-8(9)12-7(3)13(4)11-6-2/h5-7H,1-4H3,(H2,9,12)/b10-5?,11-6-. The van der Waals surface area contributed by atoms with Crippen molar-refractivity contribution >= 4 is 18.4 Å². The Labute approximate surface area is 79.0 Å². The minimum atomic E-state index is -0.0973. The Kier molecular flexibility index (Phi) is 5.50. The van der Waals surface area contributed by atoms with Crippen LogP contribution in [0, 0.1) is 0 Å². The highest BCUT2D eigenvalue weighted by molar-refractivity contribution is 5.85. The molecular formula is C8H17N5. The molecule has 0 saturated carbocycles. The minimum absolute atomic E-state index is 0.0973. The summed E-state index contributed by atoms with van der Waals surface area (Å²) in [6.07, 6.45) is 3.21. The predicted octanol–water partition coefficient (Wildman–Crippen LogP) is 0.675. The van der Waals surface area contributed by atoms with E-state index < -0.39 is 0 Å². The van der Waals surface area contributed by atoms with Gasteiger partial charge in [-0.3, -0.25) is 5.01 Å². The van der Waals surface area contributed by atoms with Crippen LogP contribution >= 0.6 is 0 Å². The maximum absolute atomic E-state index is 5.49. The van der Waals surface area contributed by atoms with E-state index in [0.29, 0.717) is 0 Å². The maximum Gasteiger partial charge on any atom is 0.217 e. The lowest BCUT2D eigenvalue weighted by Gasteiger charge is -2.17. The van der Waals surface area contributed by atoms with Crippen molar-refractivity contribution in [3.05, 3.63) is 0 Å². The first-order valence-corrected chi connectivity index (χ1v) is 4.15. The van der Waals surface area contributed by atoms with Crippen LogP contribution in [-0.4, -0.2) is 36.6 Å². The number of hydrogen-bond donors (Lipinski definition) is 1. The third kappa shape index (κ3) is 4.95. The molecule has 0 radical (unpaired) electrons. The topological polar surface area (TPSA) is 66.3 Å². The monoisotopic (exact) mass is 183 g/mol. The highest BCUT2D eigenvalue weighted by atomic mass is 15.5. The zero-order valence-electron chi connectivity index (χ0n) is 8.60. The lowest BCUT2D eigenvalue weighted by atomic mass is 10.6. The maximum atomic E-state index is 5.49. The molecule has 74 valence electrons. The number of rotatable bonds is 3. The van der Waals surface area contributed by atoms with Gasteiger partial charge in [0.1, 0.15) is 6.17 Å². The van der Waals surface area contributed by atoms with E-state index in [4.69, 9.17) is 5.73 Å². The van der Waals surface area contributed by atoms with Gasteiger partial charge in [-0.25, -0.2) is 9.98 Å². The first kappa shape index (κ1) is 11.6. The molecule has 0 heterocycles. The molecule has 0 amide bonds. The van der Waals surface area contributed by atoms with Gasteiger partial charge in [0, 0.05) is 19.5 Å². The van der Waals surface area contributed by atoms with E-state index in [0.717, 1.165) is 0 Å². The van der Waals surface area contributed by atoms with Gasteiger partial charge >= 0.3 is 0 Å². The Bertz CT molecular complexity index is 219. The molecule has 1 atom stereocenters. The summed E-state index contributed by atoms with van der Waals surface area (Å²) in [7, 11) is 1.83. The molecule has 0 fully saturated rings. The molecule has 13 heavy (non-hydrogen) atoms. The molecule has 0 spiro atoms. The van der Waals surface area contributed by atoms with Crippen LogP contribution < -0.4 is 5.73 Å². The summed E-state index contributed by atoms with van der Waals surface area (Å²) in [6, 6.07) is 0. The van der Waals surface area contributed by atoms with Gasteiger partial charge < -0.3 is 5.73 Å². The van der Waals surface area contributed by atoms with Crippen molar-refractivity contribution in [2.75, 3.05) is 7.05 Å². The molecule has 0 aromatic rings. The molecular weight excluding hydrogens is 166 g/mol. The van der Waals surface area contributed by atoms with E-state index in [1.165, 1.54) is 0 Å². The zero-order chi connectivity index (χ0) is 10.3. The number of aliphatic imine (C=N–C) groups is 2. The van der Waals surface area contributed by atoms with Crippen LogP contribution in [0.3, 0.4) is 0 Å². The highest BCUT2D eigenvalue weighted by Gasteiger charge is 2.03.